The number of anilines is 1. The zero-order chi connectivity index (χ0) is 19.5. The Morgan fingerprint density at radius 3 is 2.31 bits per heavy atom. The lowest BCUT2D eigenvalue weighted by Crippen LogP contribution is -2.37. The normalized spacial score (nSPS) is 11.5. The lowest BCUT2D eigenvalue weighted by Gasteiger charge is -2.24. The van der Waals surface area contributed by atoms with E-state index in [1.54, 1.807) is 13.8 Å². The van der Waals surface area contributed by atoms with Crippen LogP contribution in [0.2, 0.25) is 10.0 Å². The van der Waals surface area contributed by atoms with E-state index in [0.717, 1.165) is 16.4 Å². The zero-order valence-electron chi connectivity index (χ0n) is 13.9. The molecule has 0 radical (unpaired) electrons. The number of hydrogen-bond acceptors (Lipinski definition) is 4. The van der Waals surface area contributed by atoms with Crippen molar-refractivity contribution in [3.8, 4) is 0 Å². The van der Waals surface area contributed by atoms with E-state index in [0.29, 0.717) is 5.02 Å². The van der Waals surface area contributed by atoms with Crippen molar-refractivity contribution in [2.24, 2.45) is 0 Å². The number of rotatable bonds is 6. The Balaban J connectivity index is 2.49. The minimum Gasteiger partial charge on any atom is -0.462 e. The van der Waals surface area contributed by atoms with Crippen LogP contribution in [0, 0.1) is 5.82 Å². The fourth-order valence-corrected chi connectivity index (χ4v) is 3.81. The third-order valence-corrected chi connectivity index (χ3v) is 5.56. The average Bonchev–Trinajstić information content (AvgIpc) is 2.55. The highest BCUT2D eigenvalue weighted by Crippen LogP contribution is 2.28. The highest BCUT2D eigenvalue weighted by atomic mass is 35.5. The molecular formula is C17H16Cl2FNO4S. The van der Waals surface area contributed by atoms with Crippen molar-refractivity contribution in [3.05, 3.63) is 58.3 Å². The van der Waals surface area contributed by atoms with Crippen molar-refractivity contribution >= 4 is 44.9 Å². The fourth-order valence-electron chi connectivity index (χ4n) is 2.11. The molecule has 0 aliphatic carbocycles. The second-order valence-corrected chi connectivity index (χ2v) is 8.31. The summed E-state index contributed by atoms with van der Waals surface area (Å²) >= 11 is 11.6. The first kappa shape index (κ1) is 20.5. The smallest absolute Gasteiger partial charge is 0.327 e. The van der Waals surface area contributed by atoms with Crippen LogP contribution in [0.3, 0.4) is 0 Å². The van der Waals surface area contributed by atoms with Crippen molar-refractivity contribution < 1.29 is 22.3 Å². The second-order valence-electron chi connectivity index (χ2n) is 5.60. The average molecular weight is 420 g/mol. The van der Waals surface area contributed by atoms with Crippen LogP contribution in [0.1, 0.15) is 13.8 Å². The fraction of sp³-hybridized carbons (Fsp3) is 0.235. The Bertz CT molecular complexity index is 901. The van der Waals surface area contributed by atoms with Gasteiger partial charge in [-0.25, -0.2) is 12.8 Å². The molecule has 0 bridgehead atoms. The minimum atomic E-state index is -4.14. The summed E-state index contributed by atoms with van der Waals surface area (Å²) in [6.45, 7) is 2.69. The number of carbonyl (C=O) groups excluding carboxylic acids is 1. The van der Waals surface area contributed by atoms with Crippen LogP contribution in [0.25, 0.3) is 0 Å². The van der Waals surface area contributed by atoms with Gasteiger partial charge in [-0.05, 0) is 56.3 Å². The van der Waals surface area contributed by atoms with Gasteiger partial charge < -0.3 is 4.74 Å². The van der Waals surface area contributed by atoms with Crippen LogP contribution < -0.4 is 4.31 Å². The van der Waals surface area contributed by atoms with Gasteiger partial charge in [0.05, 0.1) is 21.7 Å². The van der Waals surface area contributed by atoms with Crippen LogP contribution in [0.4, 0.5) is 10.1 Å². The molecule has 0 amide bonds. The maximum Gasteiger partial charge on any atom is 0.327 e. The maximum atomic E-state index is 13.5. The minimum absolute atomic E-state index is 0.0343. The molecule has 0 unspecified atom stereocenters. The molecule has 9 heteroatoms. The summed E-state index contributed by atoms with van der Waals surface area (Å²) < 4.78 is 45.3. The number of benzene rings is 2. The number of ether oxygens (including phenoxy) is 1. The Morgan fingerprint density at radius 2 is 1.77 bits per heavy atom. The highest BCUT2D eigenvalue weighted by Gasteiger charge is 2.28. The number of halogens is 3. The largest absolute Gasteiger partial charge is 0.462 e. The summed E-state index contributed by atoms with van der Waals surface area (Å²) in [5.74, 6) is -1.46. The Kier molecular flexibility index (Phi) is 6.49. The van der Waals surface area contributed by atoms with Crippen molar-refractivity contribution in [3.63, 3.8) is 0 Å². The van der Waals surface area contributed by atoms with Crippen LogP contribution in [0.5, 0.6) is 0 Å². The van der Waals surface area contributed by atoms with Crippen molar-refractivity contribution in [1.82, 2.24) is 0 Å². The number of hydrogen-bond donors (Lipinski definition) is 0. The molecular weight excluding hydrogens is 404 g/mol. The van der Waals surface area contributed by atoms with Crippen molar-refractivity contribution in [1.29, 1.82) is 0 Å². The number of carbonyl (C=O) groups is 1. The Labute approximate surface area is 161 Å². The predicted molar refractivity (Wildman–Crippen MR) is 98.6 cm³/mol. The molecule has 0 N–H and O–H groups in total. The molecule has 26 heavy (non-hydrogen) atoms. The van der Waals surface area contributed by atoms with Crippen LogP contribution >= 0.6 is 23.2 Å². The Hall–Kier alpha value is -1.83. The van der Waals surface area contributed by atoms with E-state index >= 15 is 0 Å². The first-order chi connectivity index (χ1) is 12.1. The summed E-state index contributed by atoms with van der Waals surface area (Å²) in [5.41, 5.74) is 0.0343. The molecule has 0 fully saturated rings. The molecule has 5 nitrogen and oxygen atoms in total. The molecule has 0 atom stereocenters. The first-order valence-corrected chi connectivity index (χ1v) is 9.73. The molecule has 0 aliphatic heterocycles. The molecule has 140 valence electrons. The third-order valence-electron chi connectivity index (χ3n) is 3.23. The molecule has 2 rings (SSSR count). The molecule has 2 aromatic carbocycles. The van der Waals surface area contributed by atoms with Crippen LogP contribution in [-0.4, -0.2) is 27.0 Å². The second kappa shape index (κ2) is 8.24. The Morgan fingerprint density at radius 1 is 1.15 bits per heavy atom. The van der Waals surface area contributed by atoms with Gasteiger partial charge in [0.15, 0.2) is 0 Å². The van der Waals surface area contributed by atoms with E-state index in [-0.39, 0.29) is 15.6 Å². The van der Waals surface area contributed by atoms with E-state index in [1.807, 2.05) is 0 Å². The van der Waals surface area contributed by atoms with E-state index < -0.39 is 34.5 Å². The van der Waals surface area contributed by atoms with Gasteiger partial charge in [-0.2, -0.15) is 0 Å². The van der Waals surface area contributed by atoms with Crippen molar-refractivity contribution in [2.75, 3.05) is 10.8 Å². The SMILES string of the molecule is CC(C)OC(=O)CN(c1ccc(F)c(Cl)c1)S(=O)(=O)c1ccc(Cl)cc1. The van der Waals surface area contributed by atoms with Crippen LogP contribution in [-0.2, 0) is 19.6 Å². The van der Waals surface area contributed by atoms with Gasteiger partial charge in [0, 0.05) is 5.02 Å². The van der Waals surface area contributed by atoms with Gasteiger partial charge >= 0.3 is 5.97 Å². The van der Waals surface area contributed by atoms with Crippen molar-refractivity contribution in [2.45, 2.75) is 24.8 Å². The monoisotopic (exact) mass is 419 g/mol. The van der Waals surface area contributed by atoms with Gasteiger partial charge in [-0.1, -0.05) is 23.2 Å². The van der Waals surface area contributed by atoms with Gasteiger partial charge in [-0.15, -0.1) is 0 Å². The summed E-state index contributed by atoms with van der Waals surface area (Å²) in [4.78, 5) is 12.0. The molecule has 2 aromatic rings. The summed E-state index contributed by atoms with van der Waals surface area (Å²) in [6, 6.07) is 8.82. The standard InChI is InChI=1S/C17H16Cl2FNO4S/c1-11(2)25-17(22)10-21(13-5-8-16(20)15(19)9-13)26(23,24)14-6-3-12(18)4-7-14/h3-9,11H,10H2,1-2H3. The van der Waals surface area contributed by atoms with E-state index in [9.17, 15) is 17.6 Å². The maximum absolute atomic E-state index is 13.5. The van der Waals surface area contributed by atoms with E-state index in [1.165, 1.54) is 30.3 Å². The van der Waals surface area contributed by atoms with E-state index in [4.69, 9.17) is 27.9 Å². The summed E-state index contributed by atoms with van der Waals surface area (Å²) in [7, 11) is -4.14. The van der Waals surface area contributed by atoms with E-state index in [2.05, 4.69) is 0 Å². The molecule has 0 aromatic heterocycles. The summed E-state index contributed by atoms with van der Waals surface area (Å²) in [6.07, 6.45) is -0.417. The number of nitrogens with zero attached hydrogens (tertiary/aromatic N) is 1. The van der Waals surface area contributed by atoms with Gasteiger partial charge in [0.25, 0.3) is 10.0 Å². The molecule has 0 spiro atoms. The van der Waals surface area contributed by atoms with Gasteiger partial charge in [-0.3, -0.25) is 9.10 Å². The third kappa shape index (κ3) is 4.87. The van der Waals surface area contributed by atoms with Crippen LogP contribution in [0.15, 0.2) is 47.4 Å². The van der Waals surface area contributed by atoms with Gasteiger partial charge in [0.1, 0.15) is 12.4 Å². The topological polar surface area (TPSA) is 63.7 Å². The van der Waals surface area contributed by atoms with Gasteiger partial charge in [0.2, 0.25) is 0 Å². The molecule has 0 heterocycles. The quantitative estimate of drug-likeness (QED) is 0.655. The lowest BCUT2D eigenvalue weighted by molar-refractivity contribution is -0.145. The zero-order valence-corrected chi connectivity index (χ0v) is 16.3. The molecule has 0 aliphatic rings. The number of esters is 1. The lowest BCUT2D eigenvalue weighted by atomic mass is 10.3. The molecule has 0 saturated heterocycles. The summed E-state index contributed by atoms with van der Waals surface area (Å²) in [5, 5.41) is 0.0931. The first-order valence-electron chi connectivity index (χ1n) is 7.54. The molecule has 0 saturated carbocycles. The number of sulfonamides is 1. The highest BCUT2D eigenvalue weighted by molar-refractivity contribution is 7.92. The predicted octanol–water partition coefficient (Wildman–Crippen LogP) is 4.28.